The van der Waals surface area contributed by atoms with Crippen molar-refractivity contribution in [3.63, 3.8) is 0 Å². The summed E-state index contributed by atoms with van der Waals surface area (Å²) in [7, 11) is 1.59. The van der Waals surface area contributed by atoms with E-state index in [2.05, 4.69) is 17.1 Å². The van der Waals surface area contributed by atoms with Crippen molar-refractivity contribution in [3.05, 3.63) is 112 Å². The van der Waals surface area contributed by atoms with E-state index in [1.807, 2.05) is 49.4 Å². The highest BCUT2D eigenvalue weighted by molar-refractivity contribution is 6.21. The van der Waals surface area contributed by atoms with E-state index in [1.54, 1.807) is 24.1 Å². The maximum atomic E-state index is 13.6. The lowest BCUT2D eigenvalue weighted by molar-refractivity contribution is 0.0642. The number of aromatic nitrogens is 1. The number of fused-ring (bicyclic) bond motifs is 2. The lowest BCUT2D eigenvalue weighted by Gasteiger charge is -2.21. The predicted molar refractivity (Wildman–Crippen MR) is 158 cm³/mol. The number of aryl methyl sites for hydroxylation is 1. The third kappa shape index (κ3) is 5.05. The number of amides is 3. The van der Waals surface area contributed by atoms with Gasteiger partial charge in [0.1, 0.15) is 5.82 Å². The number of carbonyl (C=O) groups is 3. The molecule has 0 fully saturated rings. The minimum absolute atomic E-state index is 0.0359. The highest BCUT2D eigenvalue weighted by atomic mass is 16.5. The van der Waals surface area contributed by atoms with Crippen LogP contribution in [0.1, 0.15) is 61.1 Å². The molecule has 9 nitrogen and oxygen atoms in total. The summed E-state index contributed by atoms with van der Waals surface area (Å²) in [4.78, 5) is 46.1. The van der Waals surface area contributed by atoms with Gasteiger partial charge in [0.15, 0.2) is 11.5 Å². The van der Waals surface area contributed by atoms with E-state index in [0.29, 0.717) is 34.9 Å². The second-order valence-corrected chi connectivity index (χ2v) is 10.5. The van der Waals surface area contributed by atoms with Gasteiger partial charge in [-0.3, -0.25) is 19.3 Å². The number of methoxy groups -OCH3 is 1. The number of carbonyl (C=O) groups excluding carboxylic acids is 3. The molecule has 6 rings (SSSR count). The Balaban J connectivity index is 1.17. The molecule has 0 spiro atoms. The van der Waals surface area contributed by atoms with Crippen LogP contribution in [0.3, 0.4) is 0 Å². The molecular weight excluding hydrogens is 532 g/mol. The average molecular weight is 563 g/mol. The molecule has 4 aromatic rings. The van der Waals surface area contributed by atoms with Gasteiger partial charge in [0.25, 0.3) is 17.7 Å². The Hall–Kier alpha value is -5.18. The van der Waals surface area contributed by atoms with Crippen molar-refractivity contribution >= 4 is 29.2 Å². The summed E-state index contributed by atoms with van der Waals surface area (Å²) in [5.41, 5.74) is 10.2. The van der Waals surface area contributed by atoms with Crippen molar-refractivity contribution in [1.82, 2.24) is 9.88 Å². The number of pyridine rings is 1. The molecule has 0 saturated carbocycles. The smallest absolute Gasteiger partial charge is 0.263 e. The monoisotopic (exact) mass is 562 g/mol. The summed E-state index contributed by atoms with van der Waals surface area (Å²) in [5, 5.41) is 0. The number of anilines is 2. The highest BCUT2D eigenvalue weighted by Gasteiger charge is 2.37. The zero-order chi connectivity index (χ0) is 29.4. The van der Waals surface area contributed by atoms with Crippen molar-refractivity contribution < 1.29 is 23.9 Å². The van der Waals surface area contributed by atoms with Gasteiger partial charge in [0.2, 0.25) is 0 Å². The number of nitrogen functional groups attached to an aromatic ring is 1. The normalized spacial score (nSPS) is 14.7. The maximum Gasteiger partial charge on any atom is 0.263 e. The van der Waals surface area contributed by atoms with Crippen LogP contribution in [0.25, 0.3) is 0 Å². The van der Waals surface area contributed by atoms with Gasteiger partial charge < -0.3 is 20.1 Å². The van der Waals surface area contributed by atoms with Gasteiger partial charge in [0.05, 0.1) is 37.4 Å². The number of ether oxygens (including phenoxy) is 2. The SMILES string of the molecule is COc1ccc(N2Cc3ccc(CN4C(=O)c5cnc(N)cc5C4=O)cc3C2=O)cc1OC(C)CCc1ccccc1. The third-order valence-electron chi connectivity index (χ3n) is 7.66. The molecule has 0 aliphatic carbocycles. The molecule has 3 aromatic carbocycles. The molecule has 1 unspecified atom stereocenters. The zero-order valence-electron chi connectivity index (χ0n) is 23.4. The van der Waals surface area contributed by atoms with E-state index < -0.39 is 11.8 Å². The van der Waals surface area contributed by atoms with E-state index in [0.717, 1.165) is 23.3 Å². The Morgan fingerprint density at radius 2 is 1.64 bits per heavy atom. The molecule has 2 aliphatic heterocycles. The molecule has 0 bridgehead atoms. The van der Waals surface area contributed by atoms with Gasteiger partial charge in [-0.05, 0) is 60.7 Å². The van der Waals surface area contributed by atoms with Gasteiger partial charge in [0, 0.05) is 23.5 Å². The van der Waals surface area contributed by atoms with Crippen molar-refractivity contribution in [2.45, 2.75) is 39.0 Å². The average Bonchev–Trinajstić information content (AvgIpc) is 3.45. The fourth-order valence-electron chi connectivity index (χ4n) is 5.40. The van der Waals surface area contributed by atoms with Gasteiger partial charge >= 0.3 is 0 Å². The Morgan fingerprint density at radius 3 is 2.43 bits per heavy atom. The summed E-state index contributed by atoms with van der Waals surface area (Å²) >= 11 is 0. The van der Waals surface area contributed by atoms with Crippen molar-refractivity contribution in [2.24, 2.45) is 0 Å². The summed E-state index contributed by atoms with van der Waals surface area (Å²) in [6.45, 7) is 2.45. The molecule has 42 heavy (non-hydrogen) atoms. The van der Waals surface area contributed by atoms with E-state index in [4.69, 9.17) is 15.2 Å². The summed E-state index contributed by atoms with van der Waals surface area (Å²) in [6.07, 6.45) is 2.97. The van der Waals surface area contributed by atoms with E-state index in [-0.39, 0.29) is 35.5 Å². The molecule has 9 heteroatoms. The van der Waals surface area contributed by atoms with Crippen molar-refractivity contribution in [1.29, 1.82) is 0 Å². The number of hydrogen-bond acceptors (Lipinski definition) is 7. The summed E-state index contributed by atoms with van der Waals surface area (Å²) in [5.74, 6) is 0.310. The van der Waals surface area contributed by atoms with E-state index in [9.17, 15) is 14.4 Å². The second-order valence-electron chi connectivity index (χ2n) is 10.5. The second kappa shape index (κ2) is 11.0. The maximum absolute atomic E-state index is 13.6. The standard InChI is InChI=1S/C33H30N4O5/c1-20(8-9-21-6-4-3-5-7-21)42-29-15-24(12-13-28(29)41-2)36-19-23-11-10-22(14-25(23)31(36)38)18-37-32(39)26-16-30(34)35-17-27(26)33(37)40/h3-7,10-17,20H,8-9,18-19H2,1-2H3,(H2,34,35). The van der Waals surface area contributed by atoms with E-state index >= 15 is 0 Å². The van der Waals surface area contributed by atoms with Gasteiger partial charge in [-0.2, -0.15) is 0 Å². The number of hydrogen-bond donors (Lipinski definition) is 1. The first kappa shape index (κ1) is 27.0. The van der Waals surface area contributed by atoms with Crippen LogP contribution in [0, 0.1) is 0 Å². The molecule has 212 valence electrons. The highest BCUT2D eigenvalue weighted by Crippen LogP contribution is 2.37. The van der Waals surface area contributed by atoms with Crippen LogP contribution >= 0.6 is 0 Å². The zero-order valence-corrected chi connectivity index (χ0v) is 23.4. The third-order valence-corrected chi connectivity index (χ3v) is 7.66. The van der Waals surface area contributed by atoms with Gasteiger partial charge in [-0.1, -0.05) is 42.5 Å². The number of nitrogens with zero attached hydrogens (tertiary/aromatic N) is 3. The van der Waals surface area contributed by atoms with Crippen LogP contribution in [0.4, 0.5) is 11.5 Å². The Kier molecular flexibility index (Phi) is 7.08. The minimum Gasteiger partial charge on any atom is -0.493 e. The molecule has 0 radical (unpaired) electrons. The number of nitrogens with two attached hydrogens (primary N) is 1. The fraction of sp³-hybridized carbons (Fsp3) is 0.212. The van der Waals surface area contributed by atoms with Crippen LogP contribution in [0.15, 0.2) is 79.0 Å². The molecular formula is C33H30N4O5. The Morgan fingerprint density at radius 1 is 0.857 bits per heavy atom. The van der Waals surface area contributed by atoms with Crippen LogP contribution < -0.4 is 20.1 Å². The number of imide groups is 1. The largest absolute Gasteiger partial charge is 0.493 e. The first-order chi connectivity index (χ1) is 20.3. The molecule has 0 saturated heterocycles. The quantitative estimate of drug-likeness (QED) is 0.285. The lowest BCUT2D eigenvalue weighted by Crippen LogP contribution is -2.29. The first-order valence-corrected chi connectivity index (χ1v) is 13.8. The molecule has 1 aromatic heterocycles. The fourth-order valence-corrected chi connectivity index (χ4v) is 5.40. The number of rotatable bonds is 9. The number of benzene rings is 3. The topological polar surface area (TPSA) is 115 Å². The Bertz CT molecular complexity index is 1700. The molecule has 3 amide bonds. The van der Waals surface area contributed by atoms with Gasteiger partial charge in [-0.15, -0.1) is 0 Å². The summed E-state index contributed by atoms with van der Waals surface area (Å²) < 4.78 is 11.8. The molecule has 2 N–H and O–H groups in total. The van der Waals surface area contributed by atoms with Crippen molar-refractivity contribution in [3.8, 4) is 11.5 Å². The minimum atomic E-state index is -0.431. The first-order valence-electron chi connectivity index (χ1n) is 13.8. The lowest BCUT2D eigenvalue weighted by atomic mass is 10.1. The molecule has 3 heterocycles. The molecule has 2 aliphatic rings. The van der Waals surface area contributed by atoms with Crippen LogP contribution in [-0.4, -0.2) is 40.8 Å². The summed E-state index contributed by atoms with van der Waals surface area (Å²) in [6, 6.07) is 22.6. The van der Waals surface area contributed by atoms with Crippen LogP contribution in [0.2, 0.25) is 0 Å². The van der Waals surface area contributed by atoms with Crippen LogP contribution in [0.5, 0.6) is 11.5 Å². The van der Waals surface area contributed by atoms with Crippen molar-refractivity contribution in [2.75, 3.05) is 17.7 Å². The van der Waals surface area contributed by atoms with E-state index in [1.165, 1.54) is 17.8 Å². The predicted octanol–water partition coefficient (Wildman–Crippen LogP) is 5.03. The molecule has 1 atom stereocenters. The Labute approximate surface area is 243 Å². The van der Waals surface area contributed by atoms with Crippen LogP contribution in [-0.2, 0) is 19.5 Å². The van der Waals surface area contributed by atoms with Gasteiger partial charge in [-0.25, -0.2) is 4.98 Å².